The third-order valence-electron chi connectivity index (χ3n) is 4.02. The molecule has 1 saturated heterocycles. The van der Waals surface area contributed by atoms with Gasteiger partial charge in [0.05, 0.1) is 5.56 Å². The van der Waals surface area contributed by atoms with E-state index in [0.717, 1.165) is 19.4 Å². The molecule has 2 rings (SSSR count). The lowest BCUT2D eigenvalue weighted by Gasteiger charge is -2.39. The maximum Gasteiger partial charge on any atom is 0.417 e. The summed E-state index contributed by atoms with van der Waals surface area (Å²) in [6.45, 7) is 4.93. The second-order valence-corrected chi connectivity index (χ2v) is 6.22. The molecule has 1 aliphatic heterocycles. The molecule has 0 aromatic heterocycles. The first-order chi connectivity index (χ1) is 9.70. The van der Waals surface area contributed by atoms with Crippen LogP contribution >= 0.6 is 12.2 Å². The Hall–Kier alpha value is -1.30. The van der Waals surface area contributed by atoms with E-state index in [1.165, 1.54) is 12.1 Å². The molecule has 0 aliphatic carbocycles. The van der Waals surface area contributed by atoms with E-state index in [4.69, 9.17) is 18.0 Å². The summed E-state index contributed by atoms with van der Waals surface area (Å²) in [6.07, 6.45) is -2.37. The van der Waals surface area contributed by atoms with Crippen LogP contribution < -0.4 is 10.6 Å². The Kier molecular flexibility index (Phi) is 4.46. The average Bonchev–Trinajstić information content (AvgIpc) is 2.40. The third kappa shape index (κ3) is 3.48. The maximum atomic E-state index is 13.2. The standard InChI is InChI=1S/C15H19F3N2S/c1-9-3-4-10(2)20(8-9)11-5-6-12(14(19)21)13(7-11)15(16,17)18/h5-7,9-10H,3-4,8H2,1-2H3,(H2,19,21). The largest absolute Gasteiger partial charge is 0.417 e. The number of anilines is 1. The molecule has 1 aromatic carbocycles. The fraction of sp³-hybridized carbons (Fsp3) is 0.533. The van der Waals surface area contributed by atoms with Gasteiger partial charge in [-0.3, -0.25) is 0 Å². The zero-order chi connectivity index (χ0) is 15.8. The predicted molar refractivity (Wildman–Crippen MR) is 82.5 cm³/mol. The summed E-state index contributed by atoms with van der Waals surface area (Å²) in [6, 6.07) is 4.46. The van der Waals surface area contributed by atoms with Crippen LogP contribution in [0, 0.1) is 5.92 Å². The monoisotopic (exact) mass is 316 g/mol. The van der Waals surface area contributed by atoms with Crippen LogP contribution in [-0.4, -0.2) is 17.6 Å². The van der Waals surface area contributed by atoms with Crippen molar-refractivity contribution < 1.29 is 13.2 Å². The summed E-state index contributed by atoms with van der Waals surface area (Å²) in [5.74, 6) is 0.478. The Balaban J connectivity index is 2.44. The minimum Gasteiger partial charge on any atom is -0.389 e. The Labute approximate surface area is 128 Å². The highest BCUT2D eigenvalue weighted by Gasteiger charge is 2.35. The van der Waals surface area contributed by atoms with Crippen molar-refractivity contribution in [2.24, 2.45) is 11.7 Å². The molecule has 6 heteroatoms. The molecular formula is C15H19F3N2S. The summed E-state index contributed by atoms with van der Waals surface area (Å²) in [4.78, 5) is 1.81. The molecule has 1 heterocycles. The number of rotatable bonds is 2. The van der Waals surface area contributed by atoms with Gasteiger partial charge in [-0.2, -0.15) is 13.2 Å². The van der Waals surface area contributed by atoms with Crippen molar-refractivity contribution in [2.75, 3.05) is 11.4 Å². The molecule has 2 unspecified atom stereocenters. The molecule has 2 nitrogen and oxygen atoms in total. The Morgan fingerprint density at radius 2 is 1.95 bits per heavy atom. The van der Waals surface area contributed by atoms with E-state index in [9.17, 15) is 13.2 Å². The highest BCUT2D eigenvalue weighted by molar-refractivity contribution is 7.80. The molecule has 0 bridgehead atoms. The number of nitrogens with two attached hydrogens (primary N) is 1. The van der Waals surface area contributed by atoms with Gasteiger partial charge in [-0.05, 0) is 43.9 Å². The van der Waals surface area contributed by atoms with Gasteiger partial charge in [0, 0.05) is 23.8 Å². The van der Waals surface area contributed by atoms with Crippen LogP contribution in [0.3, 0.4) is 0 Å². The lowest BCUT2D eigenvalue weighted by molar-refractivity contribution is -0.137. The normalized spacial score (nSPS) is 23.2. The molecule has 1 fully saturated rings. The number of piperidine rings is 1. The molecule has 0 radical (unpaired) electrons. The highest BCUT2D eigenvalue weighted by Crippen LogP contribution is 2.36. The second kappa shape index (κ2) is 5.83. The average molecular weight is 316 g/mol. The number of benzene rings is 1. The lowest BCUT2D eigenvalue weighted by atomic mass is 9.94. The van der Waals surface area contributed by atoms with Gasteiger partial charge in [-0.1, -0.05) is 19.1 Å². The highest BCUT2D eigenvalue weighted by atomic mass is 32.1. The predicted octanol–water partition coefficient (Wildman–Crippen LogP) is 3.96. The molecule has 0 amide bonds. The fourth-order valence-corrected chi connectivity index (χ4v) is 2.99. The van der Waals surface area contributed by atoms with Gasteiger partial charge in [-0.25, -0.2) is 0 Å². The molecule has 116 valence electrons. The van der Waals surface area contributed by atoms with Crippen molar-refractivity contribution in [1.82, 2.24) is 0 Å². The molecule has 1 aliphatic rings. The van der Waals surface area contributed by atoms with Crippen molar-refractivity contribution in [3.05, 3.63) is 29.3 Å². The summed E-state index contributed by atoms with van der Waals surface area (Å²) < 4.78 is 39.6. The van der Waals surface area contributed by atoms with Crippen molar-refractivity contribution in [2.45, 2.75) is 38.9 Å². The van der Waals surface area contributed by atoms with E-state index in [-0.39, 0.29) is 16.6 Å². The molecule has 2 atom stereocenters. The van der Waals surface area contributed by atoms with Crippen LogP contribution in [0.5, 0.6) is 0 Å². The Bertz CT molecular complexity index is 542. The van der Waals surface area contributed by atoms with Crippen molar-refractivity contribution in [3.63, 3.8) is 0 Å². The summed E-state index contributed by atoms with van der Waals surface area (Å²) in [5, 5.41) is 0. The number of hydrogen-bond donors (Lipinski definition) is 1. The van der Waals surface area contributed by atoms with Crippen LogP contribution in [0.25, 0.3) is 0 Å². The summed E-state index contributed by atoms with van der Waals surface area (Å²) in [5.41, 5.74) is 5.13. The molecule has 0 spiro atoms. The minimum atomic E-state index is -4.46. The van der Waals surface area contributed by atoms with Crippen LogP contribution in [0.4, 0.5) is 18.9 Å². The summed E-state index contributed by atoms with van der Waals surface area (Å²) >= 11 is 4.72. The van der Waals surface area contributed by atoms with Crippen molar-refractivity contribution >= 4 is 22.9 Å². The van der Waals surface area contributed by atoms with Crippen LogP contribution in [0.15, 0.2) is 18.2 Å². The molecule has 2 N–H and O–H groups in total. The first-order valence-corrected chi connectivity index (χ1v) is 7.38. The first-order valence-electron chi connectivity index (χ1n) is 6.98. The molecule has 0 saturated carbocycles. The number of alkyl halides is 3. The maximum absolute atomic E-state index is 13.2. The van der Waals surface area contributed by atoms with E-state index in [2.05, 4.69) is 6.92 Å². The van der Waals surface area contributed by atoms with Crippen molar-refractivity contribution in [3.8, 4) is 0 Å². The topological polar surface area (TPSA) is 29.3 Å². The third-order valence-corrected chi connectivity index (χ3v) is 4.24. The SMILES string of the molecule is CC1CCC(C)N(c2ccc(C(N)=S)c(C(F)(F)F)c2)C1. The first kappa shape index (κ1) is 16.1. The lowest BCUT2D eigenvalue weighted by Crippen LogP contribution is -2.41. The Morgan fingerprint density at radius 1 is 1.29 bits per heavy atom. The minimum absolute atomic E-state index is 0.112. The number of thiocarbonyl (C=S) groups is 1. The zero-order valence-corrected chi connectivity index (χ0v) is 12.9. The number of hydrogen-bond acceptors (Lipinski definition) is 2. The van der Waals surface area contributed by atoms with Gasteiger partial charge in [-0.15, -0.1) is 0 Å². The number of nitrogens with zero attached hydrogens (tertiary/aromatic N) is 1. The molecule has 21 heavy (non-hydrogen) atoms. The van der Waals surface area contributed by atoms with Gasteiger partial charge in [0.15, 0.2) is 0 Å². The van der Waals surface area contributed by atoms with Gasteiger partial charge in [0.1, 0.15) is 4.99 Å². The van der Waals surface area contributed by atoms with Crippen LogP contribution in [0.2, 0.25) is 0 Å². The molecule has 1 aromatic rings. The Morgan fingerprint density at radius 3 is 2.52 bits per heavy atom. The van der Waals surface area contributed by atoms with Gasteiger partial charge in [0.2, 0.25) is 0 Å². The molecular weight excluding hydrogens is 297 g/mol. The summed E-state index contributed by atoms with van der Waals surface area (Å²) in [7, 11) is 0. The van der Waals surface area contributed by atoms with E-state index in [1.807, 2.05) is 11.8 Å². The van der Waals surface area contributed by atoms with Gasteiger partial charge in [0.25, 0.3) is 0 Å². The zero-order valence-electron chi connectivity index (χ0n) is 12.1. The van der Waals surface area contributed by atoms with Crippen LogP contribution in [-0.2, 0) is 6.18 Å². The van der Waals surface area contributed by atoms with E-state index >= 15 is 0 Å². The second-order valence-electron chi connectivity index (χ2n) is 5.78. The van der Waals surface area contributed by atoms with Crippen molar-refractivity contribution in [1.29, 1.82) is 0 Å². The van der Waals surface area contributed by atoms with Gasteiger partial charge < -0.3 is 10.6 Å². The number of halogens is 3. The fourth-order valence-electron chi connectivity index (χ4n) is 2.81. The quantitative estimate of drug-likeness (QED) is 0.837. The smallest absolute Gasteiger partial charge is 0.389 e. The van der Waals surface area contributed by atoms with E-state index in [1.54, 1.807) is 6.07 Å². The van der Waals surface area contributed by atoms with Crippen LogP contribution in [0.1, 0.15) is 37.8 Å². The van der Waals surface area contributed by atoms with E-state index in [0.29, 0.717) is 11.6 Å². The van der Waals surface area contributed by atoms with Gasteiger partial charge >= 0.3 is 6.18 Å². The van der Waals surface area contributed by atoms with E-state index < -0.39 is 11.7 Å².